The number of Topliss-reactive ketones (excluding diaryl/α,β-unsaturated/α-hetero) is 1. The first-order valence-corrected chi connectivity index (χ1v) is 11.9. The molecule has 5 nitrogen and oxygen atoms in total. The maximum Gasteiger partial charge on any atom is 0.410 e. The number of ketones is 1. The highest BCUT2D eigenvalue weighted by Crippen LogP contribution is 2.33. The summed E-state index contributed by atoms with van der Waals surface area (Å²) in [4.78, 5) is 27.8. The van der Waals surface area contributed by atoms with Crippen LogP contribution in [0.2, 0.25) is 0 Å². The molecule has 0 radical (unpaired) electrons. The monoisotopic (exact) mass is 455 g/mol. The van der Waals surface area contributed by atoms with Gasteiger partial charge in [-0.05, 0) is 35.1 Å². The topological polar surface area (TPSA) is 55.8 Å². The fourth-order valence-corrected chi connectivity index (χ4v) is 5.06. The fraction of sp³-hybridized carbons (Fsp3) is 0.310. The Bertz CT molecular complexity index is 1100. The summed E-state index contributed by atoms with van der Waals surface area (Å²) in [7, 11) is 0. The van der Waals surface area contributed by atoms with Crippen molar-refractivity contribution in [2.75, 3.05) is 13.2 Å². The quantitative estimate of drug-likeness (QED) is 0.507. The molecule has 34 heavy (non-hydrogen) atoms. The van der Waals surface area contributed by atoms with E-state index in [0.29, 0.717) is 32.5 Å². The smallest absolute Gasteiger partial charge is 0.410 e. The zero-order chi connectivity index (χ0) is 23.3. The Morgan fingerprint density at radius 1 is 0.765 bits per heavy atom. The Labute approximate surface area is 200 Å². The van der Waals surface area contributed by atoms with Crippen molar-refractivity contribution in [1.29, 1.82) is 0 Å². The number of rotatable bonds is 6. The second-order valence-corrected chi connectivity index (χ2v) is 9.17. The first-order valence-electron chi connectivity index (χ1n) is 11.9. The van der Waals surface area contributed by atoms with Crippen molar-refractivity contribution in [2.45, 2.75) is 38.0 Å². The molecule has 174 valence electrons. The van der Waals surface area contributed by atoms with Gasteiger partial charge in [0.15, 0.2) is 0 Å². The molecule has 2 saturated heterocycles. The molecule has 0 N–H and O–H groups in total. The van der Waals surface area contributed by atoms with Gasteiger partial charge in [0, 0.05) is 12.3 Å². The average Bonchev–Trinajstić information content (AvgIpc) is 2.88. The van der Waals surface area contributed by atoms with E-state index in [4.69, 9.17) is 9.47 Å². The summed E-state index contributed by atoms with van der Waals surface area (Å²) < 4.78 is 11.3. The lowest BCUT2D eigenvalue weighted by atomic mass is 9.81. The van der Waals surface area contributed by atoms with Crippen LogP contribution in [-0.2, 0) is 27.3 Å². The summed E-state index contributed by atoms with van der Waals surface area (Å²) in [6.45, 7) is 1.15. The van der Waals surface area contributed by atoms with Gasteiger partial charge in [0.2, 0.25) is 0 Å². The fourth-order valence-electron chi connectivity index (χ4n) is 5.06. The lowest BCUT2D eigenvalue weighted by molar-refractivity contribution is -0.130. The molecule has 0 spiro atoms. The number of amides is 1. The van der Waals surface area contributed by atoms with Crippen LogP contribution in [0.1, 0.15) is 24.0 Å². The lowest BCUT2D eigenvalue weighted by Gasteiger charge is -2.47. The summed E-state index contributed by atoms with van der Waals surface area (Å²) in [5.74, 6) is 0.174. The zero-order valence-electron chi connectivity index (χ0n) is 19.1. The number of hydrogen-bond acceptors (Lipinski definition) is 4. The van der Waals surface area contributed by atoms with Gasteiger partial charge in [-0.1, -0.05) is 84.9 Å². The van der Waals surface area contributed by atoms with Gasteiger partial charge in [-0.3, -0.25) is 9.69 Å². The number of hydrogen-bond donors (Lipinski definition) is 0. The number of carbonyl (C=O) groups excluding carboxylic acids is 2. The highest BCUT2D eigenvalue weighted by molar-refractivity contribution is 5.84. The van der Waals surface area contributed by atoms with Gasteiger partial charge in [-0.25, -0.2) is 4.79 Å². The molecule has 2 unspecified atom stereocenters. The van der Waals surface area contributed by atoms with Crippen LogP contribution in [0.4, 0.5) is 4.79 Å². The molecule has 0 saturated carbocycles. The highest BCUT2D eigenvalue weighted by atomic mass is 16.6. The summed E-state index contributed by atoms with van der Waals surface area (Å²) in [5, 5.41) is 0. The molecule has 2 bridgehead atoms. The minimum atomic E-state index is -0.315. The predicted octanol–water partition coefficient (Wildman–Crippen LogP) is 5.28. The Balaban J connectivity index is 1.19. The van der Waals surface area contributed by atoms with E-state index in [1.807, 2.05) is 65.6 Å². The minimum absolute atomic E-state index is 0.0640. The summed E-state index contributed by atoms with van der Waals surface area (Å²) in [6, 6.07) is 27.9. The molecular formula is C29H29NO4. The van der Waals surface area contributed by atoms with Gasteiger partial charge >= 0.3 is 6.09 Å². The third-order valence-corrected chi connectivity index (χ3v) is 6.83. The van der Waals surface area contributed by atoms with Crippen molar-refractivity contribution in [3.63, 3.8) is 0 Å². The maximum absolute atomic E-state index is 13.2. The third-order valence-electron chi connectivity index (χ3n) is 6.83. The van der Waals surface area contributed by atoms with Crippen LogP contribution in [0.5, 0.6) is 0 Å². The number of morpholine rings is 1. The number of ether oxygens (including phenoxy) is 2. The molecule has 2 heterocycles. The van der Waals surface area contributed by atoms with Gasteiger partial charge in [0.05, 0.1) is 25.3 Å². The Kier molecular flexibility index (Phi) is 6.72. The van der Waals surface area contributed by atoms with Crippen LogP contribution < -0.4 is 0 Å². The predicted molar refractivity (Wildman–Crippen MR) is 130 cm³/mol. The lowest BCUT2D eigenvalue weighted by Crippen LogP contribution is -2.60. The molecule has 0 aromatic heterocycles. The van der Waals surface area contributed by atoms with Gasteiger partial charge in [-0.15, -0.1) is 0 Å². The van der Waals surface area contributed by atoms with E-state index in [1.54, 1.807) is 0 Å². The van der Waals surface area contributed by atoms with Crippen LogP contribution in [0.25, 0.3) is 11.1 Å². The van der Waals surface area contributed by atoms with Crippen molar-refractivity contribution >= 4 is 11.9 Å². The van der Waals surface area contributed by atoms with Gasteiger partial charge in [0.1, 0.15) is 12.4 Å². The summed E-state index contributed by atoms with van der Waals surface area (Å²) >= 11 is 0. The van der Waals surface area contributed by atoms with Crippen LogP contribution in [-0.4, -0.2) is 42.1 Å². The molecule has 2 aliphatic rings. The van der Waals surface area contributed by atoms with E-state index in [1.165, 1.54) is 5.56 Å². The summed E-state index contributed by atoms with van der Waals surface area (Å²) in [5.41, 5.74) is 4.29. The van der Waals surface area contributed by atoms with E-state index in [9.17, 15) is 9.59 Å². The normalized spacial score (nSPS) is 21.6. The van der Waals surface area contributed by atoms with E-state index >= 15 is 0 Å². The second kappa shape index (κ2) is 10.2. The van der Waals surface area contributed by atoms with E-state index < -0.39 is 0 Å². The number of carbonyl (C=O) groups is 2. The molecule has 3 aromatic rings. The van der Waals surface area contributed by atoms with Crippen LogP contribution in [0.15, 0.2) is 84.9 Å². The van der Waals surface area contributed by atoms with Crippen molar-refractivity contribution in [2.24, 2.45) is 5.92 Å². The standard InChI is InChI=1S/C29H29NO4/c31-28(15-21-11-13-24(14-12-21)23-9-5-2-6-10-23)25-16-26-19-33-20-27(17-25)30(26)29(32)34-18-22-7-3-1-4-8-22/h1-14,25-27H,15-20H2. The first-order chi connectivity index (χ1) is 16.7. The van der Waals surface area contributed by atoms with E-state index in [-0.39, 0.29) is 36.5 Å². The molecule has 0 aliphatic carbocycles. The van der Waals surface area contributed by atoms with Crippen LogP contribution >= 0.6 is 0 Å². The summed E-state index contributed by atoms with van der Waals surface area (Å²) in [6.07, 6.45) is 1.35. The van der Waals surface area contributed by atoms with Crippen LogP contribution in [0, 0.1) is 5.92 Å². The van der Waals surface area contributed by atoms with Crippen molar-refractivity contribution in [3.05, 3.63) is 96.1 Å². The molecule has 5 rings (SSSR count). The van der Waals surface area contributed by atoms with E-state index in [2.05, 4.69) is 24.3 Å². The van der Waals surface area contributed by atoms with Crippen LogP contribution in [0.3, 0.4) is 0 Å². The number of benzene rings is 3. The third kappa shape index (κ3) is 5.05. The van der Waals surface area contributed by atoms with Gasteiger partial charge in [-0.2, -0.15) is 0 Å². The highest BCUT2D eigenvalue weighted by Gasteiger charge is 2.44. The number of fused-ring (bicyclic) bond motifs is 2. The Morgan fingerprint density at radius 2 is 1.35 bits per heavy atom. The van der Waals surface area contributed by atoms with Gasteiger partial charge in [0.25, 0.3) is 0 Å². The second-order valence-electron chi connectivity index (χ2n) is 9.17. The molecule has 5 heteroatoms. The Morgan fingerprint density at radius 3 is 2.00 bits per heavy atom. The molecule has 2 aliphatic heterocycles. The Hall–Kier alpha value is -3.44. The SMILES string of the molecule is O=C(Cc1ccc(-c2ccccc2)cc1)C1CC2COCC(C1)N2C(=O)OCc1ccccc1. The van der Waals surface area contributed by atoms with Crippen molar-refractivity contribution in [1.82, 2.24) is 4.90 Å². The molecule has 1 amide bonds. The largest absolute Gasteiger partial charge is 0.445 e. The molecule has 2 atom stereocenters. The minimum Gasteiger partial charge on any atom is -0.445 e. The van der Waals surface area contributed by atoms with Crippen molar-refractivity contribution in [3.8, 4) is 11.1 Å². The molecule has 3 aromatic carbocycles. The molecular weight excluding hydrogens is 426 g/mol. The van der Waals surface area contributed by atoms with E-state index in [0.717, 1.165) is 16.7 Å². The number of piperidine rings is 1. The zero-order valence-corrected chi connectivity index (χ0v) is 19.1. The molecule has 2 fully saturated rings. The maximum atomic E-state index is 13.2. The van der Waals surface area contributed by atoms with Gasteiger partial charge < -0.3 is 9.47 Å². The first kappa shape index (κ1) is 22.4. The van der Waals surface area contributed by atoms with Crippen molar-refractivity contribution < 1.29 is 19.1 Å². The average molecular weight is 456 g/mol. The number of nitrogens with zero attached hydrogens (tertiary/aromatic N) is 1.